The van der Waals surface area contributed by atoms with E-state index in [4.69, 9.17) is 0 Å². The molecular formula is C21H31N3O3S2. The molecule has 1 unspecified atom stereocenters. The number of rotatable bonds is 6. The van der Waals surface area contributed by atoms with E-state index in [0.29, 0.717) is 11.3 Å². The molecule has 1 aromatic heterocycles. The van der Waals surface area contributed by atoms with Crippen LogP contribution in [0.3, 0.4) is 0 Å². The molecule has 0 bridgehead atoms. The van der Waals surface area contributed by atoms with Crippen molar-refractivity contribution in [3.05, 3.63) is 51.7 Å². The van der Waals surface area contributed by atoms with Gasteiger partial charge in [0.15, 0.2) is 9.84 Å². The topological polar surface area (TPSA) is 88.2 Å². The number of thiazole rings is 1. The van der Waals surface area contributed by atoms with Gasteiger partial charge in [0.1, 0.15) is 10.5 Å². The van der Waals surface area contributed by atoms with Crippen LogP contribution in [0.1, 0.15) is 62.6 Å². The molecule has 0 aliphatic carbocycles. The standard InChI is InChI=1S/C21H31N3O3S2/c1-8-16(15-9-11-29(26,27)12-10-15)23-21(7,14(2)3)24-18(25)17-13-22-19(28-17)20(4,5)6/h8-9,13,23H,2,10-12H2,1,3-7H3,(H,24,25)/b16-8-. The minimum absolute atomic E-state index is 0.0357. The number of carbonyl (C=O) groups is 1. The van der Waals surface area contributed by atoms with E-state index in [1.807, 2.05) is 26.8 Å². The third kappa shape index (κ3) is 5.79. The molecule has 0 fully saturated rings. The molecule has 1 aliphatic rings. The highest BCUT2D eigenvalue weighted by Gasteiger charge is 2.31. The van der Waals surface area contributed by atoms with E-state index in [1.165, 1.54) is 11.3 Å². The Labute approximate surface area is 178 Å². The molecule has 1 amide bonds. The number of carbonyl (C=O) groups excluding carboxylic acids is 1. The Hall–Kier alpha value is -1.93. The first kappa shape index (κ1) is 23.3. The van der Waals surface area contributed by atoms with Crippen LogP contribution in [0.25, 0.3) is 0 Å². The molecule has 0 saturated carbocycles. The molecular weight excluding hydrogens is 406 g/mol. The predicted molar refractivity (Wildman–Crippen MR) is 120 cm³/mol. The van der Waals surface area contributed by atoms with Crippen molar-refractivity contribution < 1.29 is 13.2 Å². The van der Waals surface area contributed by atoms with Crippen LogP contribution in [0.15, 0.2) is 41.8 Å². The Morgan fingerprint density at radius 2 is 1.93 bits per heavy atom. The van der Waals surface area contributed by atoms with Crippen LogP contribution in [0.2, 0.25) is 0 Å². The molecule has 29 heavy (non-hydrogen) atoms. The van der Waals surface area contributed by atoms with Gasteiger partial charge in [-0.2, -0.15) is 0 Å². The van der Waals surface area contributed by atoms with Gasteiger partial charge in [-0.05, 0) is 38.3 Å². The number of nitrogens with one attached hydrogen (secondary N) is 2. The average Bonchev–Trinajstić information content (AvgIpc) is 3.10. The van der Waals surface area contributed by atoms with Gasteiger partial charge in [-0.1, -0.05) is 39.5 Å². The first-order valence-electron chi connectivity index (χ1n) is 9.56. The quantitative estimate of drug-likeness (QED) is 0.523. The van der Waals surface area contributed by atoms with E-state index in [9.17, 15) is 13.2 Å². The molecule has 160 valence electrons. The summed E-state index contributed by atoms with van der Waals surface area (Å²) in [5, 5.41) is 7.29. The lowest BCUT2D eigenvalue weighted by molar-refractivity contribution is 0.0914. The summed E-state index contributed by atoms with van der Waals surface area (Å²) in [5.41, 5.74) is 1.43. The fourth-order valence-electron chi connectivity index (χ4n) is 2.79. The average molecular weight is 438 g/mol. The molecule has 0 aromatic carbocycles. The Morgan fingerprint density at radius 3 is 2.38 bits per heavy atom. The summed E-state index contributed by atoms with van der Waals surface area (Å²) in [6, 6.07) is 0. The number of allylic oxidation sites excluding steroid dienone is 2. The highest BCUT2D eigenvalue weighted by Crippen LogP contribution is 2.28. The van der Waals surface area contributed by atoms with Gasteiger partial charge < -0.3 is 10.6 Å². The molecule has 2 N–H and O–H groups in total. The Kier molecular flexibility index (Phi) is 6.79. The van der Waals surface area contributed by atoms with Crippen molar-refractivity contribution in [2.45, 2.75) is 59.0 Å². The maximum Gasteiger partial charge on any atom is 0.265 e. The lowest BCUT2D eigenvalue weighted by Crippen LogP contribution is -2.57. The molecule has 1 atom stereocenters. The highest BCUT2D eigenvalue weighted by atomic mass is 32.2. The Morgan fingerprint density at radius 1 is 1.28 bits per heavy atom. The van der Waals surface area contributed by atoms with Crippen LogP contribution in [-0.2, 0) is 15.3 Å². The normalized spacial score (nSPS) is 19.1. The predicted octanol–water partition coefficient (Wildman–Crippen LogP) is 3.70. The van der Waals surface area contributed by atoms with Gasteiger partial charge in [-0.25, -0.2) is 13.4 Å². The van der Waals surface area contributed by atoms with Crippen molar-refractivity contribution in [3.8, 4) is 0 Å². The lowest BCUT2D eigenvalue weighted by Gasteiger charge is -2.35. The summed E-state index contributed by atoms with van der Waals surface area (Å²) < 4.78 is 23.4. The van der Waals surface area contributed by atoms with E-state index in [1.54, 1.807) is 12.3 Å². The maximum absolute atomic E-state index is 12.9. The second kappa shape index (κ2) is 8.44. The van der Waals surface area contributed by atoms with Crippen molar-refractivity contribution in [3.63, 3.8) is 0 Å². The van der Waals surface area contributed by atoms with Gasteiger partial charge in [0.2, 0.25) is 0 Å². The maximum atomic E-state index is 12.9. The third-order valence-corrected chi connectivity index (χ3v) is 7.80. The first-order chi connectivity index (χ1) is 13.3. The third-order valence-electron chi connectivity index (χ3n) is 4.87. The van der Waals surface area contributed by atoms with Crippen molar-refractivity contribution in [1.82, 2.24) is 15.6 Å². The summed E-state index contributed by atoms with van der Waals surface area (Å²) in [5.74, 6) is -0.0649. The van der Waals surface area contributed by atoms with Crippen LogP contribution in [-0.4, -0.2) is 36.5 Å². The fraction of sp³-hybridized carbons (Fsp3) is 0.524. The van der Waals surface area contributed by atoms with Crippen molar-refractivity contribution in [2.75, 3.05) is 11.5 Å². The van der Waals surface area contributed by atoms with E-state index in [0.717, 1.165) is 21.9 Å². The van der Waals surface area contributed by atoms with Crippen LogP contribution in [0, 0.1) is 0 Å². The van der Waals surface area contributed by atoms with E-state index < -0.39 is 15.5 Å². The number of hydrogen-bond donors (Lipinski definition) is 2. The number of nitrogens with zero attached hydrogens (tertiary/aromatic N) is 1. The van der Waals surface area contributed by atoms with Gasteiger partial charge in [0.25, 0.3) is 5.91 Å². The fourth-order valence-corrected chi connectivity index (χ4v) is 4.81. The zero-order valence-corrected chi connectivity index (χ0v) is 19.7. The SMILES string of the molecule is C=C(C)C(C)(NC(=O)c1cnc(C(C)(C)C)s1)N/C(=C\C)C1=CCS(=O)(=O)CC1. The van der Waals surface area contributed by atoms with Crippen molar-refractivity contribution >= 4 is 27.1 Å². The minimum atomic E-state index is -3.01. The number of aromatic nitrogens is 1. The second-order valence-corrected chi connectivity index (χ2v) is 11.8. The van der Waals surface area contributed by atoms with Gasteiger partial charge in [0.05, 0.1) is 22.7 Å². The van der Waals surface area contributed by atoms with Gasteiger partial charge in [-0.3, -0.25) is 4.79 Å². The first-order valence-corrected chi connectivity index (χ1v) is 12.2. The molecule has 0 spiro atoms. The lowest BCUT2D eigenvalue weighted by atomic mass is 9.98. The van der Waals surface area contributed by atoms with Crippen molar-refractivity contribution in [2.24, 2.45) is 0 Å². The van der Waals surface area contributed by atoms with Gasteiger partial charge in [0, 0.05) is 11.1 Å². The highest BCUT2D eigenvalue weighted by molar-refractivity contribution is 7.91. The summed E-state index contributed by atoms with van der Waals surface area (Å²) in [6.07, 6.45) is 5.67. The molecule has 8 heteroatoms. The summed E-state index contributed by atoms with van der Waals surface area (Å²) in [6.45, 7) is 15.8. The zero-order chi connectivity index (χ0) is 22.0. The van der Waals surface area contributed by atoms with Crippen LogP contribution >= 0.6 is 11.3 Å². The molecule has 1 aliphatic heterocycles. The number of amides is 1. The Bertz CT molecular complexity index is 966. The summed E-state index contributed by atoms with van der Waals surface area (Å²) in [7, 11) is -3.01. The van der Waals surface area contributed by atoms with E-state index in [2.05, 4.69) is 43.0 Å². The smallest absolute Gasteiger partial charge is 0.265 e. The largest absolute Gasteiger partial charge is 0.360 e. The molecule has 0 saturated heterocycles. The molecule has 6 nitrogen and oxygen atoms in total. The van der Waals surface area contributed by atoms with Crippen LogP contribution in [0.5, 0.6) is 0 Å². The monoisotopic (exact) mass is 437 g/mol. The van der Waals surface area contributed by atoms with Gasteiger partial charge >= 0.3 is 0 Å². The molecule has 2 heterocycles. The van der Waals surface area contributed by atoms with E-state index in [-0.39, 0.29) is 22.8 Å². The van der Waals surface area contributed by atoms with Gasteiger partial charge in [-0.15, -0.1) is 11.3 Å². The van der Waals surface area contributed by atoms with Crippen LogP contribution < -0.4 is 10.6 Å². The number of hydrogen-bond acceptors (Lipinski definition) is 6. The summed E-state index contributed by atoms with van der Waals surface area (Å²) in [4.78, 5) is 17.8. The Balaban J connectivity index is 2.22. The molecule has 1 aromatic rings. The number of sulfone groups is 1. The van der Waals surface area contributed by atoms with E-state index >= 15 is 0 Å². The molecule has 2 rings (SSSR count). The zero-order valence-electron chi connectivity index (χ0n) is 18.0. The minimum Gasteiger partial charge on any atom is -0.360 e. The molecule has 0 radical (unpaired) electrons. The van der Waals surface area contributed by atoms with Crippen molar-refractivity contribution in [1.29, 1.82) is 0 Å². The van der Waals surface area contributed by atoms with Crippen LogP contribution in [0.4, 0.5) is 0 Å². The summed E-state index contributed by atoms with van der Waals surface area (Å²) >= 11 is 1.38. The second-order valence-electron chi connectivity index (χ2n) is 8.56.